The third kappa shape index (κ3) is 12.7. The molecule has 4 amide bonds. The lowest BCUT2D eigenvalue weighted by Gasteiger charge is -2.31. The number of hydrogen-bond acceptors (Lipinski definition) is 8. The average molecular weight is 788 g/mol. The molecule has 2 heterocycles. The zero-order valence-corrected chi connectivity index (χ0v) is 35.8. The Kier molecular flexibility index (Phi) is 15.2. The van der Waals surface area contributed by atoms with Gasteiger partial charge in [-0.05, 0) is 85.8 Å². The van der Waals surface area contributed by atoms with Crippen molar-refractivity contribution in [2.24, 2.45) is 5.41 Å². The van der Waals surface area contributed by atoms with Crippen molar-refractivity contribution in [3.63, 3.8) is 0 Å². The molecule has 1 aliphatic rings. The van der Waals surface area contributed by atoms with Crippen molar-refractivity contribution < 1.29 is 28.7 Å². The molecule has 0 atom stereocenters. The summed E-state index contributed by atoms with van der Waals surface area (Å²) in [5.41, 5.74) is 2.87. The first kappa shape index (κ1) is 45.1. The van der Waals surface area contributed by atoms with Crippen LogP contribution in [0.3, 0.4) is 0 Å². The van der Waals surface area contributed by atoms with E-state index in [9.17, 15) is 19.2 Å². The number of para-hydroxylation sites is 1. The van der Waals surface area contributed by atoms with Crippen LogP contribution in [-0.4, -0.2) is 82.2 Å². The first-order chi connectivity index (χ1) is 26.8. The second-order valence-electron chi connectivity index (χ2n) is 17.5. The van der Waals surface area contributed by atoms with Crippen molar-refractivity contribution in [3.05, 3.63) is 54.1 Å². The molecule has 312 valence electrons. The molecule has 57 heavy (non-hydrogen) atoms. The van der Waals surface area contributed by atoms with Crippen LogP contribution in [0.15, 0.2) is 48.5 Å². The predicted octanol–water partition coefficient (Wildman–Crippen LogP) is 6.58. The van der Waals surface area contributed by atoms with Crippen molar-refractivity contribution in [2.45, 2.75) is 137 Å². The lowest BCUT2D eigenvalue weighted by molar-refractivity contribution is -0.131. The summed E-state index contributed by atoms with van der Waals surface area (Å²) in [6.45, 7) is 20.0. The minimum Gasteiger partial charge on any atom is -0.375 e. The number of hydrogen-bond donors (Lipinski definition) is 3. The molecule has 0 spiro atoms. The van der Waals surface area contributed by atoms with Gasteiger partial charge in [-0.25, -0.2) is 4.68 Å². The molecule has 2 aromatic carbocycles. The highest BCUT2D eigenvalue weighted by molar-refractivity contribution is 6.01. The third-order valence-electron chi connectivity index (χ3n) is 10.7. The third-order valence-corrected chi connectivity index (χ3v) is 10.7. The zero-order chi connectivity index (χ0) is 42.0. The van der Waals surface area contributed by atoms with E-state index in [4.69, 9.17) is 14.6 Å². The molecule has 1 aliphatic heterocycles. The lowest BCUT2D eigenvalue weighted by atomic mass is 9.88. The van der Waals surface area contributed by atoms with Crippen molar-refractivity contribution in [2.75, 3.05) is 31.7 Å². The van der Waals surface area contributed by atoms with Gasteiger partial charge in [0.2, 0.25) is 23.6 Å². The highest BCUT2D eigenvalue weighted by atomic mass is 16.5. The van der Waals surface area contributed by atoms with Crippen LogP contribution < -0.4 is 20.9 Å². The smallest absolute Gasteiger partial charge is 0.227 e. The molecule has 3 aromatic rings. The molecule has 0 fully saturated rings. The van der Waals surface area contributed by atoms with Crippen LogP contribution in [0.2, 0.25) is 0 Å². The fourth-order valence-corrected chi connectivity index (χ4v) is 6.79. The molecule has 4 rings (SSSR count). The van der Waals surface area contributed by atoms with Crippen LogP contribution in [-0.2, 0) is 41.7 Å². The van der Waals surface area contributed by atoms with Gasteiger partial charge in [0.1, 0.15) is 5.69 Å². The average Bonchev–Trinajstić information content (AvgIpc) is 3.56. The Hall–Kier alpha value is -4.62. The summed E-state index contributed by atoms with van der Waals surface area (Å²) in [5, 5.41) is 18.0. The number of aryl methyl sites for hydroxylation is 1. The molecule has 13 heteroatoms. The van der Waals surface area contributed by atoms with Gasteiger partial charge in [0.05, 0.1) is 29.1 Å². The van der Waals surface area contributed by atoms with E-state index in [1.807, 2.05) is 102 Å². The van der Waals surface area contributed by atoms with Gasteiger partial charge in [-0.1, -0.05) is 61.5 Å². The number of ether oxygens (including phenoxy) is 2. The molecule has 3 N–H and O–H groups in total. The Morgan fingerprint density at radius 2 is 1.39 bits per heavy atom. The molecule has 13 nitrogen and oxygen atoms in total. The predicted molar refractivity (Wildman–Crippen MR) is 223 cm³/mol. The second-order valence-corrected chi connectivity index (χ2v) is 17.5. The van der Waals surface area contributed by atoms with E-state index in [2.05, 4.69) is 35.0 Å². The number of carbonyl (C=O) groups is 4. The maximum Gasteiger partial charge on any atom is 0.227 e. The molecule has 0 saturated heterocycles. The van der Waals surface area contributed by atoms with Crippen LogP contribution in [0.25, 0.3) is 22.5 Å². The van der Waals surface area contributed by atoms with E-state index in [0.717, 1.165) is 22.4 Å². The van der Waals surface area contributed by atoms with E-state index in [0.29, 0.717) is 76.3 Å². The van der Waals surface area contributed by atoms with Crippen molar-refractivity contribution in [3.8, 4) is 22.5 Å². The van der Waals surface area contributed by atoms with E-state index in [1.165, 1.54) is 0 Å². The molecular formula is C44H65N7O6. The number of rotatable bonds is 20. The summed E-state index contributed by atoms with van der Waals surface area (Å²) in [6.07, 6.45) is 2.84. The maximum atomic E-state index is 14.1. The van der Waals surface area contributed by atoms with E-state index >= 15 is 0 Å². The molecule has 0 radical (unpaired) electrons. The van der Waals surface area contributed by atoms with Gasteiger partial charge in [-0.3, -0.25) is 19.2 Å². The largest absolute Gasteiger partial charge is 0.375 e. The number of carbonyl (C=O) groups excluding carboxylic acids is 4. The topological polar surface area (TPSA) is 157 Å². The van der Waals surface area contributed by atoms with Crippen LogP contribution in [0, 0.1) is 5.41 Å². The van der Waals surface area contributed by atoms with Crippen LogP contribution in [0.1, 0.15) is 113 Å². The highest BCUT2D eigenvalue weighted by Gasteiger charge is 2.32. The van der Waals surface area contributed by atoms with Gasteiger partial charge in [0.25, 0.3) is 0 Å². The summed E-state index contributed by atoms with van der Waals surface area (Å²) < 4.78 is 14.3. The number of amides is 4. The van der Waals surface area contributed by atoms with E-state index in [1.54, 1.807) is 11.9 Å². The van der Waals surface area contributed by atoms with Gasteiger partial charge in [-0.15, -0.1) is 5.10 Å². The molecule has 0 aliphatic carbocycles. The quantitative estimate of drug-likeness (QED) is 0.116. The van der Waals surface area contributed by atoms with Crippen molar-refractivity contribution in [1.29, 1.82) is 0 Å². The van der Waals surface area contributed by atoms with Crippen LogP contribution in [0.5, 0.6) is 0 Å². The molecule has 1 aromatic heterocycles. The highest BCUT2D eigenvalue weighted by Crippen LogP contribution is 2.41. The fourth-order valence-electron chi connectivity index (χ4n) is 6.79. The van der Waals surface area contributed by atoms with Crippen LogP contribution in [0.4, 0.5) is 5.69 Å². The number of anilines is 1. The van der Waals surface area contributed by atoms with Crippen molar-refractivity contribution in [1.82, 2.24) is 30.9 Å². The summed E-state index contributed by atoms with van der Waals surface area (Å²) in [6, 6.07) is 15.7. The fraction of sp³-hybridized carbons (Fsp3) is 0.591. The summed E-state index contributed by atoms with van der Waals surface area (Å²) in [7, 11) is 1.62. The number of benzene rings is 2. The van der Waals surface area contributed by atoms with Gasteiger partial charge in [0.15, 0.2) is 0 Å². The van der Waals surface area contributed by atoms with E-state index in [-0.39, 0.29) is 36.5 Å². The van der Waals surface area contributed by atoms with E-state index < -0.39 is 22.2 Å². The van der Waals surface area contributed by atoms with Crippen LogP contribution >= 0.6 is 0 Å². The minimum absolute atomic E-state index is 0.0204. The minimum atomic E-state index is -0.560. The number of nitrogens with zero attached hydrogens (tertiary/aromatic N) is 4. The number of nitrogens with one attached hydrogen (secondary N) is 3. The lowest BCUT2D eigenvalue weighted by Crippen LogP contribution is -2.45. The SMILES string of the molecule is CCNC(=O)C(C)(C)CCOC(C)(C)CCn1nnc2c1-c1ccccc1CN(C(=O)CCC(=O)NC(C)(C)CCOC(C)(C)CCC(=O)NC)c1ccccc1-2. The normalized spacial score (nSPS) is 13.1. The van der Waals surface area contributed by atoms with Gasteiger partial charge < -0.3 is 30.3 Å². The number of fused-ring (bicyclic) bond motifs is 5. The van der Waals surface area contributed by atoms with Crippen molar-refractivity contribution >= 4 is 29.3 Å². The summed E-state index contributed by atoms with van der Waals surface area (Å²) >= 11 is 0. The zero-order valence-electron chi connectivity index (χ0n) is 35.8. The standard InChI is InChI=1S/C44H65N7O6/c1-11-46-40(55)41(2,3)25-28-56-44(8,9)24-27-51-39-32-17-13-12-16-31(32)30-50(34-19-15-14-18-33(34)38(39)48-49-51)37(54)21-20-36(53)47-42(4,5)26-29-57-43(6,7)23-22-35(52)45-10/h12-19H,11,20-30H2,1-10H3,(H,45,52)(H,46,55)(H,47,53). The Balaban J connectivity index is 1.44. The molecule has 0 saturated carbocycles. The Bertz CT molecular complexity index is 1860. The molecular weight excluding hydrogens is 723 g/mol. The summed E-state index contributed by atoms with van der Waals surface area (Å²) in [5.74, 6) is -0.390. The summed E-state index contributed by atoms with van der Waals surface area (Å²) in [4.78, 5) is 53.2. The van der Waals surface area contributed by atoms with Gasteiger partial charge in [0, 0.05) is 74.7 Å². The first-order valence-electron chi connectivity index (χ1n) is 20.3. The Labute approximate surface area is 339 Å². The van der Waals surface area contributed by atoms with Gasteiger partial charge in [-0.2, -0.15) is 0 Å². The second kappa shape index (κ2) is 19.2. The molecule has 0 bridgehead atoms. The monoisotopic (exact) mass is 787 g/mol. The van der Waals surface area contributed by atoms with Gasteiger partial charge >= 0.3 is 0 Å². The first-order valence-corrected chi connectivity index (χ1v) is 20.3. The Morgan fingerprint density at radius 3 is 2.07 bits per heavy atom. The molecule has 0 unspecified atom stereocenters. The number of aromatic nitrogens is 3. The maximum absolute atomic E-state index is 14.1. The Morgan fingerprint density at radius 1 is 0.754 bits per heavy atom.